The normalized spacial score (nSPS) is 9.79. The van der Waals surface area contributed by atoms with Crippen LogP contribution in [0, 0.1) is 0 Å². The molecule has 0 aliphatic rings. The predicted molar refractivity (Wildman–Crippen MR) is 73.0 cm³/mol. The average Bonchev–Trinajstić information content (AvgIpc) is 2.38. The molecule has 0 heterocycles. The average molecular weight is 265 g/mol. The van der Waals surface area contributed by atoms with Gasteiger partial charge >= 0.3 is 0 Å². The van der Waals surface area contributed by atoms with Gasteiger partial charge in [0.1, 0.15) is 5.75 Å². The van der Waals surface area contributed by atoms with E-state index < -0.39 is 0 Å². The zero-order chi connectivity index (χ0) is 14.3. The molecule has 0 saturated heterocycles. The van der Waals surface area contributed by atoms with E-state index in [2.05, 4.69) is 10.6 Å². The molecule has 4 N–H and O–H groups in total. The summed E-state index contributed by atoms with van der Waals surface area (Å²) in [5.41, 5.74) is 6.53. The second-order valence-electron chi connectivity index (χ2n) is 3.92. The van der Waals surface area contributed by atoms with Gasteiger partial charge in [-0.3, -0.25) is 9.59 Å². The molecule has 0 unspecified atom stereocenters. The number of hydrogen-bond donors (Lipinski definition) is 3. The third-order valence-corrected chi connectivity index (χ3v) is 2.48. The second-order valence-corrected chi connectivity index (χ2v) is 3.92. The minimum absolute atomic E-state index is 0.0907. The zero-order valence-electron chi connectivity index (χ0n) is 11.2. The summed E-state index contributed by atoms with van der Waals surface area (Å²) >= 11 is 0. The van der Waals surface area contributed by atoms with Crippen molar-refractivity contribution in [1.29, 1.82) is 0 Å². The van der Waals surface area contributed by atoms with Gasteiger partial charge in [-0.2, -0.15) is 0 Å². The molecule has 104 valence electrons. The van der Waals surface area contributed by atoms with Crippen LogP contribution in [0.1, 0.15) is 23.7 Å². The first-order chi connectivity index (χ1) is 9.08. The minimum Gasteiger partial charge on any atom is -0.496 e. The van der Waals surface area contributed by atoms with E-state index in [1.165, 1.54) is 7.11 Å². The molecular formula is C13H19N3O3. The first-order valence-electron chi connectivity index (χ1n) is 6.07. The fourth-order valence-electron chi connectivity index (χ4n) is 1.57. The van der Waals surface area contributed by atoms with Gasteiger partial charge in [-0.1, -0.05) is 0 Å². The fraction of sp³-hybridized carbons (Fsp3) is 0.385. The number of nitrogen functional groups attached to an aromatic ring is 1. The zero-order valence-corrected chi connectivity index (χ0v) is 11.2. The Morgan fingerprint density at radius 3 is 2.68 bits per heavy atom. The summed E-state index contributed by atoms with van der Waals surface area (Å²) in [5, 5.41) is 5.32. The van der Waals surface area contributed by atoms with E-state index in [4.69, 9.17) is 10.5 Å². The van der Waals surface area contributed by atoms with Crippen LogP contribution in [0.4, 0.5) is 5.69 Å². The van der Waals surface area contributed by atoms with Crippen LogP contribution >= 0.6 is 0 Å². The van der Waals surface area contributed by atoms with Crippen LogP contribution in [0.3, 0.4) is 0 Å². The molecular weight excluding hydrogens is 246 g/mol. The molecule has 19 heavy (non-hydrogen) atoms. The maximum atomic E-state index is 11.9. The summed E-state index contributed by atoms with van der Waals surface area (Å²) < 4.78 is 5.09. The number of ether oxygens (including phenoxy) is 1. The van der Waals surface area contributed by atoms with Gasteiger partial charge in [0.05, 0.1) is 12.7 Å². The van der Waals surface area contributed by atoms with E-state index in [0.29, 0.717) is 23.5 Å². The summed E-state index contributed by atoms with van der Waals surface area (Å²) in [4.78, 5) is 23.1. The Bertz CT molecular complexity index is 460. The highest BCUT2D eigenvalue weighted by Crippen LogP contribution is 2.21. The van der Waals surface area contributed by atoms with Crippen molar-refractivity contribution >= 4 is 17.5 Å². The fourth-order valence-corrected chi connectivity index (χ4v) is 1.57. The van der Waals surface area contributed by atoms with E-state index in [1.807, 2.05) is 6.92 Å². The molecule has 1 aromatic rings. The lowest BCUT2D eigenvalue weighted by Gasteiger charge is -2.10. The molecule has 0 fully saturated rings. The number of methoxy groups -OCH3 is 1. The van der Waals surface area contributed by atoms with Gasteiger partial charge < -0.3 is 21.1 Å². The van der Waals surface area contributed by atoms with Crippen molar-refractivity contribution in [3.05, 3.63) is 23.8 Å². The Hall–Kier alpha value is -2.24. The minimum atomic E-state index is -0.291. The lowest BCUT2D eigenvalue weighted by Crippen LogP contribution is -2.30. The molecule has 0 atom stereocenters. The highest BCUT2D eigenvalue weighted by atomic mass is 16.5. The first kappa shape index (κ1) is 14.8. The molecule has 0 radical (unpaired) electrons. The van der Waals surface area contributed by atoms with Crippen molar-refractivity contribution < 1.29 is 14.3 Å². The summed E-state index contributed by atoms with van der Waals surface area (Å²) in [6.07, 6.45) is 0.247. The van der Waals surface area contributed by atoms with Gasteiger partial charge in [0, 0.05) is 31.3 Å². The Morgan fingerprint density at radius 2 is 2.05 bits per heavy atom. The van der Waals surface area contributed by atoms with E-state index in [0.717, 1.165) is 0 Å². The molecule has 0 aliphatic heterocycles. The number of rotatable bonds is 6. The number of carbonyl (C=O) groups excluding carboxylic acids is 2. The number of benzene rings is 1. The Morgan fingerprint density at radius 1 is 1.32 bits per heavy atom. The number of nitrogens with one attached hydrogen (secondary N) is 2. The van der Waals surface area contributed by atoms with Crippen LogP contribution in [0.2, 0.25) is 0 Å². The van der Waals surface area contributed by atoms with Crippen LogP contribution in [0.15, 0.2) is 18.2 Å². The quantitative estimate of drug-likeness (QED) is 0.654. The molecule has 0 bridgehead atoms. The summed E-state index contributed by atoms with van der Waals surface area (Å²) in [5.74, 6) is 0.0312. The summed E-state index contributed by atoms with van der Waals surface area (Å²) in [6, 6.07) is 4.80. The van der Waals surface area contributed by atoms with Crippen LogP contribution in [0.5, 0.6) is 5.75 Å². The SMILES string of the molecule is CCNC(=O)CCNC(=O)c1ccc(N)cc1OC. The van der Waals surface area contributed by atoms with Gasteiger partial charge in [0.15, 0.2) is 0 Å². The number of amides is 2. The lowest BCUT2D eigenvalue weighted by molar-refractivity contribution is -0.120. The topological polar surface area (TPSA) is 93.5 Å². The molecule has 6 nitrogen and oxygen atoms in total. The monoisotopic (exact) mass is 265 g/mol. The Balaban J connectivity index is 2.56. The highest BCUT2D eigenvalue weighted by molar-refractivity contribution is 5.97. The van der Waals surface area contributed by atoms with Gasteiger partial charge in [-0.05, 0) is 19.1 Å². The van der Waals surface area contributed by atoms with E-state index in [-0.39, 0.29) is 24.8 Å². The van der Waals surface area contributed by atoms with Crippen molar-refractivity contribution in [2.75, 3.05) is 25.9 Å². The van der Waals surface area contributed by atoms with Crippen LogP contribution < -0.4 is 21.1 Å². The van der Waals surface area contributed by atoms with Crippen LogP contribution in [0.25, 0.3) is 0 Å². The number of carbonyl (C=O) groups is 2. The number of anilines is 1. The Labute approximate surface area is 112 Å². The molecule has 0 spiro atoms. The van der Waals surface area contributed by atoms with Gasteiger partial charge in [0.25, 0.3) is 5.91 Å². The van der Waals surface area contributed by atoms with Gasteiger partial charge in [0.2, 0.25) is 5.91 Å². The smallest absolute Gasteiger partial charge is 0.255 e. The summed E-state index contributed by atoms with van der Waals surface area (Å²) in [6.45, 7) is 2.70. The molecule has 2 amide bonds. The molecule has 0 saturated carbocycles. The molecule has 0 aromatic heterocycles. The van der Waals surface area contributed by atoms with Crippen molar-refractivity contribution in [3.8, 4) is 5.75 Å². The third kappa shape index (κ3) is 4.50. The van der Waals surface area contributed by atoms with Gasteiger partial charge in [-0.15, -0.1) is 0 Å². The maximum Gasteiger partial charge on any atom is 0.255 e. The van der Waals surface area contributed by atoms with Crippen molar-refractivity contribution in [3.63, 3.8) is 0 Å². The van der Waals surface area contributed by atoms with Gasteiger partial charge in [-0.25, -0.2) is 0 Å². The highest BCUT2D eigenvalue weighted by Gasteiger charge is 2.12. The van der Waals surface area contributed by atoms with Crippen LogP contribution in [-0.2, 0) is 4.79 Å². The molecule has 1 aromatic carbocycles. The summed E-state index contributed by atoms with van der Waals surface area (Å²) in [7, 11) is 1.47. The maximum absolute atomic E-state index is 11.9. The third-order valence-electron chi connectivity index (χ3n) is 2.48. The second kappa shape index (κ2) is 7.25. The van der Waals surface area contributed by atoms with E-state index in [1.54, 1.807) is 18.2 Å². The standard InChI is InChI=1S/C13H19N3O3/c1-3-15-12(17)6-7-16-13(18)10-5-4-9(14)8-11(10)19-2/h4-5,8H,3,6-7,14H2,1-2H3,(H,15,17)(H,16,18). The number of nitrogens with two attached hydrogens (primary N) is 1. The van der Waals surface area contributed by atoms with E-state index >= 15 is 0 Å². The largest absolute Gasteiger partial charge is 0.496 e. The van der Waals surface area contributed by atoms with Crippen LogP contribution in [-0.4, -0.2) is 32.0 Å². The lowest BCUT2D eigenvalue weighted by atomic mass is 10.1. The molecule has 0 aliphatic carbocycles. The molecule has 6 heteroatoms. The van der Waals surface area contributed by atoms with Crippen molar-refractivity contribution in [1.82, 2.24) is 10.6 Å². The van der Waals surface area contributed by atoms with Crippen molar-refractivity contribution in [2.24, 2.45) is 0 Å². The number of hydrogen-bond acceptors (Lipinski definition) is 4. The predicted octanol–water partition coefficient (Wildman–Crippen LogP) is 0.533. The van der Waals surface area contributed by atoms with E-state index in [9.17, 15) is 9.59 Å². The van der Waals surface area contributed by atoms with Crippen molar-refractivity contribution in [2.45, 2.75) is 13.3 Å². The Kier molecular flexibility index (Phi) is 5.66. The molecule has 1 rings (SSSR count). The first-order valence-corrected chi connectivity index (χ1v) is 6.07.